The molecule has 0 heterocycles. The van der Waals surface area contributed by atoms with E-state index in [4.69, 9.17) is 40.5 Å². The Bertz CT molecular complexity index is 812. The lowest BCUT2D eigenvalue weighted by Crippen LogP contribution is -2.14. The van der Waals surface area contributed by atoms with E-state index in [2.05, 4.69) is 20.7 Å². The Morgan fingerprint density at radius 3 is 2.33 bits per heavy atom. The Balaban J connectivity index is 2.45. The molecule has 112 valence electrons. The maximum Gasteiger partial charge on any atom is 0.263 e. The topological polar surface area (TPSA) is 72.2 Å². The molecule has 0 aliphatic carbocycles. The van der Waals surface area contributed by atoms with E-state index in [1.54, 1.807) is 6.07 Å². The van der Waals surface area contributed by atoms with E-state index in [-0.39, 0.29) is 25.7 Å². The summed E-state index contributed by atoms with van der Waals surface area (Å²) in [4.78, 5) is -0.103. The van der Waals surface area contributed by atoms with Crippen molar-refractivity contribution >= 4 is 72.1 Å². The Morgan fingerprint density at radius 1 is 1.05 bits per heavy atom. The second-order valence-electron chi connectivity index (χ2n) is 4.02. The van der Waals surface area contributed by atoms with Gasteiger partial charge in [-0.05, 0) is 46.3 Å². The van der Waals surface area contributed by atoms with Crippen LogP contribution in [0.25, 0.3) is 0 Å². The van der Waals surface area contributed by atoms with E-state index < -0.39 is 10.0 Å². The van der Waals surface area contributed by atoms with Crippen LogP contribution in [0.2, 0.25) is 15.1 Å². The quantitative estimate of drug-likeness (QED) is 0.543. The molecule has 0 radical (unpaired) electrons. The first-order chi connectivity index (χ1) is 9.72. The fraction of sp³-hybridized carbons (Fsp3) is 0. The highest BCUT2D eigenvalue weighted by atomic mass is 79.9. The molecule has 0 atom stereocenters. The van der Waals surface area contributed by atoms with E-state index in [0.29, 0.717) is 10.2 Å². The van der Waals surface area contributed by atoms with E-state index >= 15 is 0 Å². The zero-order valence-electron chi connectivity index (χ0n) is 10.2. The number of nitrogens with one attached hydrogen (secondary N) is 1. The predicted octanol–water partition coefficient (Wildman–Crippen LogP) is 4.79. The second-order valence-corrected chi connectivity index (χ2v) is 7.69. The summed E-state index contributed by atoms with van der Waals surface area (Å²) in [5.74, 6) is 0. The van der Waals surface area contributed by atoms with Crippen molar-refractivity contribution in [1.82, 2.24) is 0 Å². The van der Waals surface area contributed by atoms with Crippen LogP contribution in [0.4, 0.5) is 11.4 Å². The minimum absolute atomic E-state index is 0.0156. The third-order valence-corrected chi connectivity index (χ3v) is 6.14. The number of nitrogen functional groups attached to an aromatic ring is 1. The largest absolute Gasteiger partial charge is 0.399 e. The summed E-state index contributed by atoms with van der Waals surface area (Å²) in [6.45, 7) is 0. The van der Waals surface area contributed by atoms with Crippen LogP contribution in [0, 0.1) is 0 Å². The summed E-state index contributed by atoms with van der Waals surface area (Å²) in [6.07, 6.45) is 0. The van der Waals surface area contributed by atoms with Crippen LogP contribution in [0.3, 0.4) is 0 Å². The lowest BCUT2D eigenvalue weighted by molar-refractivity contribution is 0.601. The van der Waals surface area contributed by atoms with E-state index in [1.165, 1.54) is 24.3 Å². The molecular weight excluding hydrogens is 422 g/mol. The summed E-state index contributed by atoms with van der Waals surface area (Å²) >= 11 is 21.1. The number of benzene rings is 2. The summed E-state index contributed by atoms with van der Waals surface area (Å²) < 4.78 is 27.6. The van der Waals surface area contributed by atoms with Gasteiger partial charge in [0.25, 0.3) is 10.0 Å². The van der Waals surface area contributed by atoms with Gasteiger partial charge in [0.1, 0.15) is 4.90 Å². The molecule has 2 aromatic rings. The van der Waals surface area contributed by atoms with Crippen LogP contribution in [-0.4, -0.2) is 8.42 Å². The molecule has 21 heavy (non-hydrogen) atoms. The highest BCUT2D eigenvalue weighted by Crippen LogP contribution is 2.37. The highest BCUT2D eigenvalue weighted by Gasteiger charge is 2.20. The van der Waals surface area contributed by atoms with Crippen molar-refractivity contribution in [3.05, 3.63) is 49.9 Å². The third kappa shape index (κ3) is 3.57. The lowest BCUT2D eigenvalue weighted by atomic mass is 10.3. The molecule has 0 saturated carbocycles. The zero-order valence-corrected chi connectivity index (χ0v) is 14.9. The maximum absolute atomic E-state index is 12.3. The first-order valence-electron chi connectivity index (χ1n) is 5.43. The highest BCUT2D eigenvalue weighted by molar-refractivity contribution is 9.10. The Hall–Kier alpha value is -0.660. The molecule has 0 bridgehead atoms. The van der Waals surface area contributed by atoms with Crippen molar-refractivity contribution < 1.29 is 8.42 Å². The molecular formula is C12H8BrCl3N2O2S. The van der Waals surface area contributed by atoms with E-state index in [0.717, 1.165) is 0 Å². The van der Waals surface area contributed by atoms with Gasteiger partial charge < -0.3 is 5.73 Å². The number of anilines is 2. The average Bonchev–Trinajstić information content (AvgIpc) is 2.39. The summed E-state index contributed by atoms with van der Waals surface area (Å²) in [5, 5.41) is 0.309. The summed E-state index contributed by atoms with van der Waals surface area (Å²) in [6, 6.07) is 7.18. The molecule has 0 amide bonds. The van der Waals surface area contributed by atoms with Gasteiger partial charge in [-0.25, -0.2) is 8.42 Å². The van der Waals surface area contributed by atoms with Crippen LogP contribution >= 0.6 is 50.7 Å². The van der Waals surface area contributed by atoms with Crippen LogP contribution in [0.15, 0.2) is 39.7 Å². The molecule has 3 N–H and O–H groups in total. The van der Waals surface area contributed by atoms with Crippen LogP contribution in [0.5, 0.6) is 0 Å². The van der Waals surface area contributed by atoms with Gasteiger partial charge in [-0.1, -0.05) is 34.8 Å². The Labute approximate surface area is 145 Å². The van der Waals surface area contributed by atoms with Crippen LogP contribution in [0.1, 0.15) is 0 Å². The van der Waals surface area contributed by atoms with Crippen LogP contribution < -0.4 is 10.5 Å². The van der Waals surface area contributed by atoms with Crippen molar-refractivity contribution in [3.8, 4) is 0 Å². The fourth-order valence-electron chi connectivity index (χ4n) is 1.54. The van der Waals surface area contributed by atoms with E-state index in [9.17, 15) is 8.42 Å². The van der Waals surface area contributed by atoms with Crippen molar-refractivity contribution in [2.24, 2.45) is 0 Å². The number of halogens is 4. The molecule has 0 saturated heterocycles. The van der Waals surface area contributed by atoms with Gasteiger partial charge in [0, 0.05) is 10.2 Å². The monoisotopic (exact) mass is 428 g/mol. The van der Waals surface area contributed by atoms with Crippen molar-refractivity contribution in [2.45, 2.75) is 4.90 Å². The fourth-order valence-corrected chi connectivity index (χ4v) is 4.04. The molecule has 0 aliphatic heterocycles. The van der Waals surface area contributed by atoms with Gasteiger partial charge in [-0.3, -0.25) is 4.72 Å². The lowest BCUT2D eigenvalue weighted by Gasteiger charge is -2.12. The minimum atomic E-state index is -3.91. The van der Waals surface area contributed by atoms with Gasteiger partial charge in [-0.2, -0.15) is 0 Å². The molecule has 9 heteroatoms. The molecule has 0 spiro atoms. The number of sulfonamides is 1. The molecule has 0 aliphatic rings. The third-order valence-electron chi connectivity index (χ3n) is 2.52. The van der Waals surface area contributed by atoms with Gasteiger partial charge >= 0.3 is 0 Å². The zero-order chi connectivity index (χ0) is 15.8. The maximum atomic E-state index is 12.3. The van der Waals surface area contributed by atoms with Gasteiger partial charge in [-0.15, -0.1) is 0 Å². The second kappa shape index (κ2) is 6.22. The molecule has 0 unspecified atom stereocenters. The van der Waals surface area contributed by atoms with Gasteiger partial charge in [0.2, 0.25) is 0 Å². The molecule has 2 aromatic carbocycles. The van der Waals surface area contributed by atoms with Gasteiger partial charge in [0.05, 0.1) is 20.8 Å². The molecule has 0 fully saturated rings. The first kappa shape index (κ1) is 16.7. The van der Waals surface area contributed by atoms with Crippen LogP contribution in [-0.2, 0) is 10.0 Å². The number of hydrogen-bond donors (Lipinski definition) is 2. The Morgan fingerprint density at radius 2 is 1.71 bits per heavy atom. The van der Waals surface area contributed by atoms with Gasteiger partial charge in [0.15, 0.2) is 0 Å². The normalized spacial score (nSPS) is 11.4. The van der Waals surface area contributed by atoms with Crippen molar-refractivity contribution in [1.29, 1.82) is 0 Å². The number of hydrogen-bond acceptors (Lipinski definition) is 3. The number of rotatable bonds is 3. The minimum Gasteiger partial charge on any atom is -0.399 e. The smallest absolute Gasteiger partial charge is 0.263 e. The van der Waals surface area contributed by atoms with E-state index in [1.807, 2.05) is 0 Å². The average molecular weight is 431 g/mol. The Kier molecular flexibility index (Phi) is 4.95. The van der Waals surface area contributed by atoms with Crippen molar-refractivity contribution in [3.63, 3.8) is 0 Å². The van der Waals surface area contributed by atoms with Crippen molar-refractivity contribution in [2.75, 3.05) is 10.5 Å². The SMILES string of the molecule is Nc1ccc(S(=O)(=O)Nc2ccc(Br)c(Cl)c2Cl)c(Cl)c1. The predicted molar refractivity (Wildman–Crippen MR) is 90.8 cm³/mol. The standard InChI is InChI=1S/C12H8BrCl3N2O2S/c13-7-2-3-9(12(16)11(7)15)18-21(19,20)10-4-1-6(17)5-8(10)14/h1-5,18H,17H2. The summed E-state index contributed by atoms with van der Waals surface area (Å²) in [7, 11) is -3.91. The summed E-state index contributed by atoms with van der Waals surface area (Å²) in [5.41, 5.74) is 6.06. The molecule has 4 nitrogen and oxygen atoms in total. The number of nitrogens with two attached hydrogens (primary N) is 1. The molecule has 2 rings (SSSR count). The first-order valence-corrected chi connectivity index (χ1v) is 8.84. The molecule has 0 aromatic heterocycles.